The fourth-order valence-corrected chi connectivity index (χ4v) is 1.25. The molecule has 4 heterocycles. The van der Waals surface area contributed by atoms with Gasteiger partial charge in [0, 0.05) is 63.4 Å². The molecule has 0 bridgehead atoms. The molecule has 0 spiro atoms. The van der Waals surface area contributed by atoms with Gasteiger partial charge in [0.15, 0.2) is 0 Å². The second-order valence-corrected chi connectivity index (χ2v) is 7.93. The Bertz CT molecular complexity index is 962. The predicted octanol–water partition coefficient (Wildman–Crippen LogP) is -5.80. The van der Waals surface area contributed by atoms with E-state index in [1.807, 2.05) is 72.8 Å². The Balaban J connectivity index is -0.0000000472. The minimum atomic E-state index is -4.94. The molecule has 4 aromatic rings. The Labute approximate surface area is 326 Å². The van der Waals surface area contributed by atoms with Crippen LogP contribution < -0.4 is 47.5 Å². The van der Waals surface area contributed by atoms with Crippen molar-refractivity contribution in [1.82, 2.24) is 19.9 Å². The van der Waals surface area contributed by atoms with Crippen molar-refractivity contribution in [1.29, 1.82) is 21.3 Å². The van der Waals surface area contributed by atoms with Crippen molar-refractivity contribution >= 4 is 11.8 Å². The molecule has 20 nitrogen and oxygen atoms in total. The number of hydrogen-bond acceptors (Lipinski definition) is 20. The minimum Gasteiger partial charge on any atom is -0.870 e. The number of halogens is 2. The molecule has 0 atom stereocenters. The van der Waals surface area contributed by atoms with Crippen LogP contribution in [0.1, 0.15) is 27.7 Å². The standard InChI is InChI=1S/4C5H5N.2C2H5NO.2C2H3N.2ClHO4.2Co.2H2O/c4*1-2-4-6-5-3-1;2*1-2(3)4;2*1-2-3;2*2-1(3,4)5;;;;/h4*1-5H;2*1H3,(H2,3,4);2*1H3;2*(H,2,3,4,5);;;2*1H2/q;;;;;;;;;;2*+3;;/p-6. The van der Waals surface area contributed by atoms with Gasteiger partial charge in [-0.1, -0.05) is 24.3 Å². The molecular weight excluding hydrogens is 829 g/mol. The van der Waals surface area contributed by atoms with Gasteiger partial charge in [-0.15, -0.1) is 20.5 Å². The average molecular weight is 865 g/mol. The second kappa shape index (κ2) is 61.9. The van der Waals surface area contributed by atoms with Gasteiger partial charge in [0.25, 0.3) is 0 Å². The monoisotopic (exact) mass is 864 g/mol. The molecule has 0 aliphatic heterocycles. The van der Waals surface area contributed by atoms with Crippen molar-refractivity contribution in [2.24, 2.45) is 0 Å². The quantitative estimate of drug-likeness (QED) is 0.123. The molecule has 0 amide bonds. The Morgan fingerprint density at radius 2 is 0.519 bits per heavy atom. The Hall–Kier alpha value is -4.29. The molecule has 292 valence electrons. The molecule has 0 unspecified atom stereocenters. The van der Waals surface area contributed by atoms with E-state index in [9.17, 15) is 0 Å². The van der Waals surface area contributed by atoms with E-state index in [1.165, 1.54) is 27.7 Å². The maximum atomic E-state index is 9.11. The first-order valence-electron chi connectivity index (χ1n) is 12.0. The van der Waals surface area contributed by atoms with Gasteiger partial charge in [0.2, 0.25) is 0 Å². The SMILES string of the molecule is CC#N.CC#N.CC(=N)[O-].CC(=N)[O-].[Co+3].[Co+3].[O-][Cl+3]([O-])([O-])[O-].[O-][Cl+3]([O-])([O-])[O-].[OH-].[OH-].c1ccncc1.c1ccncc1.c1ccncc1.c1ccncc1. The first-order valence-corrected chi connectivity index (χ1v) is 14.5. The van der Waals surface area contributed by atoms with Crippen LogP contribution in [0.25, 0.3) is 0 Å². The first kappa shape index (κ1) is 73.2. The molecule has 0 fully saturated rings. The number of nitriles is 2. The van der Waals surface area contributed by atoms with E-state index in [1.54, 1.807) is 61.7 Å². The van der Waals surface area contributed by atoms with Gasteiger partial charge < -0.3 is 32.0 Å². The topological polar surface area (TPSA) is 437 Å². The van der Waals surface area contributed by atoms with Crippen molar-refractivity contribution in [2.75, 3.05) is 0 Å². The van der Waals surface area contributed by atoms with Crippen LogP contribution in [0.2, 0.25) is 0 Å². The Morgan fingerprint density at radius 3 is 0.538 bits per heavy atom. The molecule has 4 aromatic heterocycles. The van der Waals surface area contributed by atoms with Crippen LogP contribution in [0.3, 0.4) is 0 Å². The number of aromatic nitrogens is 4. The first-order chi connectivity index (χ1) is 22.3. The van der Waals surface area contributed by atoms with Crippen LogP contribution >= 0.6 is 0 Å². The largest absolute Gasteiger partial charge is 3.00 e. The van der Waals surface area contributed by atoms with Crippen LogP contribution in [-0.2, 0) is 33.6 Å². The molecule has 0 saturated carbocycles. The van der Waals surface area contributed by atoms with E-state index in [0.717, 1.165) is 0 Å². The zero-order chi connectivity index (χ0) is 38.5. The van der Waals surface area contributed by atoms with Gasteiger partial charge in [-0.25, -0.2) is 37.3 Å². The summed E-state index contributed by atoms with van der Waals surface area (Å²) in [7, 11) is -9.89. The van der Waals surface area contributed by atoms with Crippen LogP contribution in [0.15, 0.2) is 122 Å². The Morgan fingerprint density at radius 1 is 0.442 bits per heavy atom. The van der Waals surface area contributed by atoms with Gasteiger partial charge in [0.05, 0.1) is 12.1 Å². The summed E-state index contributed by atoms with van der Waals surface area (Å²) < 4.78 is 67.9. The molecule has 4 rings (SSSR count). The van der Waals surface area contributed by atoms with Gasteiger partial charge in [-0.05, 0) is 74.2 Å². The summed E-state index contributed by atoms with van der Waals surface area (Å²) in [5, 5.41) is 44.8. The number of pyridine rings is 4. The zero-order valence-electron chi connectivity index (χ0n) is 27.6. The zero-order valence-corrected chi connectivity index (χ0v) is 31.2. The average Bonchev–Trinajstić information content (AvgIpc) is 3.00. The van der Waals surface area contributed by atoms with Crippen molar-refractivity contribution < 1.29 is 112 Å². The summed E-state index contributed by atoms with van der Waals surface area (Å²) in [5.41, 5.74) is 0. The molecular formula is C28H36Cl2Co2N8O12. The second-order valence-electron chi connectivity index (χ2n) is 6.41. The summed E-state index contributed by atoms with van der Waals surface area (Å²) in [6.45, 7) is 5.25. The van der Waals surface area contributed by atoms with E-state index >= 15 is 0 Å². The summed E-state index contributed by atoms with van der Waals surface area (Å²) in [4.78, 5) is 15.1. The Kier molecular flexibility index (Phi) is 87.1. The maximum Gasteiger partial charge on any atom is 3.00 e. The van der Waals surface area contributed by atoms with E-state index < -0.39 is 32.3 Å². The normalized spacial score (nSPS) is 7.27. The molecule has 24 heteroatoms. The van der Waals surface area contributed by atoms with Gasteiger partial charge in [-0.3, -0.25) is 19.9 Å². The summed E-state index contributed by atoms with van der Waals surface area (Å²) in [6.07, 6.45) is 14.0. The van der Waals surface area contributed by atoms with Crippen LogP contribution in [0.5, 0.6) is 0 Å². The molecule has 4 N–H and O–H groups in total. The van der Waals surface area contributed by atoms with Crippen LogP contribution in [-0.4, -0.2) is 42.7 Å². The summed E-state index contributed by atoms with van der Waals surface area (Å²) in [6, 6.07) is 26.4. The predicted molar refractivity (Wildman–Crippen MR) is 150 cm³/mol. The number of hydrogen-bond donors (Lipinski definition) is 2. The molecule has 0 aromatic carbocycles. The van der Waals surface area contributed by atoms with Crippen LogP contribution in [0, 0.1) is 54.0 Å². The van der Waals surface area contributed by atoms with Gasteiger partial charge in [0.1, 0.15) is 0 Å². The third kappa shape index (κ3) is 235. The third-order valence-corrected chi connectivity index (χ3v) is 2.27. The van der Waals surface area contributed by atoms with Crippen molar-refractivity contribution in [2.45, 2.75) is 27.7 Å². The molecule has 0 aliphatic carbocycles. The number of nitrogens with zero attached hydrogens (tertiary/aromatic N) is 6. The van der Waals surface area contributed by atoms with Crippen molar-refractivity contribution in [3.8, 4) is 12.1 Å². The van der Waals surface area contributed by atoms with Gasteiger partial charge >= 0.3 is 33.6 Å². The number of rotatable bonds is 0. The van der Waals surface area contributed by atoms with Crippen molar-refractivity contribution in [3.05, 3.63) is 122 Å². The summed E-state index contributed by atoms with van der Waals surface area (Å²) in [5.74, 6) is -1.17. The van der Waals surface area contributed by atoms with Crippen LogP contribution in [0.4, 0.5) is 0 Å². The number of nitrogens with one attached hydrogen (secondary N) is 2. The summed E-state index contributed by atoms with van der Waals surface area (Å²) >= 11 is 0. The fourth-order valence-electron chi connectivity index (χ4n) is 1.25. The van der Waals surface area contributed by atoms with E-state index in [4.69, 9.17) is 68.8 Å². The molecule has 52 heavy (non-hydrogen) atoms. The fraction of sp³-hybridized carbons (Fsp3) is 0.143. The third-order valence-electron chi connectivity index (χ3n) is 2.27. The van der Waals surface area contributed by atoms with Gasteiger partial charge in [-0.2, -0.15) is 10.5 Å². The molecule has 0 saturated heterocycles. The van der Waals surface area contributed by atoms with E-state index in [0.29, 0.717) is 0 Å². The smallest absolute Gasteiger partial charge is 0.870 e. The molecule has 0 radical (unpaired) electrons. The van der Waals surface area contributed by atoms with E-state index in [-0.39, 0.29) is 44.5 Å². The minimum absolute atomic E-state index is 0. The maximum absolute atomic E-state index is 9.11. The van der Waals surface area contributed by atoms with E-state index in [2.05, 4.69) is 19.9 Å². The van der Waals surface area contributed by atoms with Crippen molar-refractivity contribution in [3.63, 3.8) is 0 Å². The molecule has 0 aliphatic rings.